The first-order valence-electron chi connectivity index (χ1n) is 7.31. The standard InChI is InChI=1S/C16H18BrN3O2/c17-14-6-4-13(5-7-14)16(22)20-11-9-19(10-12-20)15(21)3-1-2-8-18/h4-7H,1-3,9-12H2. The molecule has 1 fully saturated rings. The van der Waals surface area contributed by atoms with Crippen LogP contribution in [0.15, 0.2) is 28.7 Å². The van der Waals surface area contributed by atoms with E-state index in [1.165, 1.54) is 0 Å². The maximum atomic E-state index is 12.4. The van der Waals surface area contributed by atoms with Gasteiger partial charge in [-0.3, -0.25) is 9.59 Å². The first kappa shape index (κ1) is 16.5. The number of hydrogen-bond acceptors (Lipinski definition) is 3. The molecule has 6 heteroatoms. The Balaban J connectivity index is 1.84. The number of amides is 2. The molecule has 0 radical (unpaired) electrons. The van der Waals surface area contributed by atoms with Crippen molar-refractivity contribution < 1.29 is 9.59 Å². The fourth-order valence-corrected chi connectivity index (χ4v) is 2.68. The molecule has 1 saturated heterocycles. The van der Waals surface area contributed by atoms with Crippen LogP contribution in [0.25, 0.3) is 0 Å². The molecule has 116 valence electrons. The summed E-state index contributed by atoms with van der Waals surface area (Å²) in [5, 5.41) is 8.49. The molecular formula is C16H18BrN3O2. The van der Waals surface area contributed by atoms with Gasteiger partial charge in [0.25, 0.3) is 5.91 Å². The zero-order valence-electron chi connectivity index (χ0n) is 12.3. The number of halogens is 1. The van der Waals surface area contributed by atoms with Crippen molar-refractivity contribution in [3.05, 3.63) is 34.3 Å². The van der Waals surface area contributed by atoms with Crippen LogP contribution < -0.4 is 0 Å². The van der Waals surface area contributed by atoms with Crippen molar-refractivity contribution >= 4 is 27.7 Å². The SMILES string of the molecule is N#CCCCC(=O)N1CCN(C(=O)c2ccc(Br)cc2)CC1. The van der Waals surface area contributed by atoms with E-state index in [4.69, 9.17) is 5.26 Å². The number of nitriles is 1. The van der Waals surface area contributed by atoms with Crippen molar-refractivity contribution in [2.24, 2.45) is 0 Å². The van der Waals surface area contributed by atoms with Gasteiger partial charge < -0.3 is 9.80 Å². The smallest absolute Gasteiger partial charge is 0.253 e. The van der Waals surface area contributed by atoms with E-state index >= 15 is 0 Å². The van der Waals surface area contributed by atoms with Crippen molar-refractivity contribution in [3.8, 4) is 6.07 Å². The van der Waals surface area contributed by atoms with Gasteiger partial charge in [0.2, 0.25) is 5.91 Å². The van der Waals surface area contributed by atoms with Gasteiger partial charge in [0.15, 0.2) is 0 Å². The van der Waals surface area contributed by atoms with Crippen LogP contribution in [0.5, 0.6) is 0 Å². The molecule has 1 aliphatic rings. The lowest BCUT2D eigenvalue weighted by Crippen LogP contribution is -2.50. The number of nitrogens with zero attached hydrogens (tertiary/aromatic N) is 3. The molecule has 1 aromatic rings. The van der Waals surface area contributed by atoms with Gasteiger partial charge in [0.05, 0.1) is 6.07 Å². The molecule has 0 N–H and O–H groups in total. The van der Waals surface area contributed by atoms with E-state index in [-0.39, 0.29) is 11.8 Å². The Bertz CT molecular complexity index is 572. The second-order valence-electron chi connectivity index (χ2n) is 5.19. The van der Waals surface area contributed by atoms with Gasteiger partial charge in [-0.2, -0.15) is 5.26 Å². The highest BCUT2D eigenvalue weighted by molar-refractivity contribution is 9.10. The summed E-state index contributed by atoms with van der Waals surface area (Å²) < 4.78 is 0.942. The Morgan fingerprint density at radius 1 is 1.09 bits per heavy atom. The highest BCUT2D eigenvalue weighted by Gasteiger charge is 2.24. The predicted octanol–water partition coefficient (Wildman–Crippen LogP) is 2.43. The number of carbonyl (C=O) groups is 2. The molecule has 0 spiro atoms. The maximum absolute atomic E-state index is 12.4. The van der Waals surface area contributed by atoms with E-state index in [9.17, 15) is 9.59 Å². The summed E-state index contributed by atoms with van der Waals surface area (Å²) in [7, 11) is 0. The third-order valence-corrected chi connectivity index (χ3v) is 4.22. The molecule has 22 heavy (non-hydrogen) atoms. The molecule has 2 rings (SSSR count). The van der Waals surface area contributed by atoms with E-state index in [1.54, 1.807) is 21.9 Å². The number of rotatable bonds is 4. The fraction of sp³-hybridized carbons (Fsp3) is 0.438. The molecular weight excluding hydrogens is 346 g/mol. The maximum Gasteiger partial charge on any atom is 0.253 e. The third-order valence-electron chi connectivity index (χ3n) is 3.69. The van der Waals surface area contributed by atoms with Crippen LogP contribution in [-0.2, 0) is 4.79 Å². The van der Waals surface area contributed by atoms with Crippen LogP contribution in [0.2, 0.25) is 0 Å². The minimum atomic E-state index is 0.00378. The molecule has 0 aliphatic carbocycles. The first-order chi connectivity index (χ1) is 10.6. The fourth-order valence-electron chi connectivity index (χ4n) is 2.41. The summed E-state index contributed by atoms with van der Waals surface area (Å²) in [5.41, 5.74) is 0.664. The molecule has 0 saturated carbocycles. The first-order valence-corrected chi connectivity index (χ1v) is 8.10. The average Bonchev–Trinajstić information content (AvgIpc) is 2.55. The molecule has 0 aromatic heterocycles. The third kappa shape index (κ3) is 4.31. The average molecular weight is 364 g/mol. The van der Waals surface area contributed by atoms with Crippen molar-refractivity contribution in [3.63, 3.8) is 0 Å². The lowest BCUT2D eigenvalue weighted by atomic mass is 10.1. The minimum absolute atomic E-state index is 0.00378. The van der Waals surface area contributed by atoms with Gasteiger partial charge in [0.1, 0.15) is 0 Å². The van der Waals surface area contributed by atoms with Crippen LogP contribution in [-0.4, -0.2) is 47.8 Å². The molecule has 0 atom stereocenters. The molecule has 2 amide bonds. The van der Waals surface area contributed by atoms with E-state index in [2.05, 4.69) is 15.9 Å². The summed E-state index contributed by atoms with van der Waals surface area (Å²) in [6, 6.07) is 9.34. The van der Waals surface area contributed by atoms with Crippen molar-refractivity contribution in [2.75, 3.05) is 26.2 Å². The van der Waals surface area contributed by atoms with Crippen molar-refractivity contribution in [2.45, 2.75) is 19.3 Å². The highest BCUT2D eigenvalue weighted by Crippen LogP contribution is 2.14. The molecule has 1 aromatic carbocycles. The Kier molecular flexibility index (Phi) is 5.96. The molecule has 1 aliphatic heterocycles. The summed E-state index contributed by atoms with van der Waals surface area (Å²) in [5.74, 6) is 0.0788. The summed E-state index contributed by atoms with van der Waals surface area (Å²) in [6.45, 7) is 2.24. The Labute approximate surface area is 138 Å². The Hall–Kier alpha value is -1.87. The number of carbonyl (C=O) groups excluding carboxylic acids is 2. The quantitative estimate of drug-likeness (QED) is 0.771. The van der Waals surface area contributed by atoms with Gasteiger partial charge in [0, 0.05) is 49.1 Å². The second-order valence-corrected chi connectivity index (χ2v) is 6.11. The topological polar surface area (TPSA) is 64.4 Å². The highest BCUT2D eigenvalue weighted by atomic mass is 79.9. The number of hydrogen-bond donors (Lipinski definition) is 0. The normalized spacial score (nSPS) is 14.5. The van der Waals surface area contributed by atoms with Gasteiger partial charge in [-0.15, -0.1) is 0 Å². The number of piperazine rings is 1. The summed E-state index contributed by atoms with van der Waals surface area (Å²) in [6.07, 6.45) is 1.43. The Morgan fingerprint density at radius 2 is 1.68 bits per heavy atom. The van der Waals surface area contributed by atoms with Gasteiger partial charge >= 0.3 is 0 Å². The Morgan fingerprint density at radius 3 is 2.27 bits per heavy atom. The monoisotopic (exact) mass is 363 g/mol. The zero-order valence-corrected chi connectivity index (χ0v) is 13.9. The molecule has 0 unspecified atom stereocenters. The van der Waals surface area contributed by atoms with E-state index < -0.39 is 0 Å². The van der Waals surface area contributed by atoms with E-state index in [0.717, 1.165) is 4.47 Å². The van der Waals surface area contributed by atoms with E-state index in [1.807, 2.05) is 18.2 Å². The van der Waals surface area contributed by atoms with Crippen LogP contribution in [0.1, 0.15) is 29.6 Å². The lowest BCUT2D eigenvalue weighted by Gasteiger charge is -2.35. The van der Waals surface area contributed by atoms with E-state index in [0.29, 0.717) is 51.0 Å². The van der Waals surface area contributed by atoms with Crippen molar-refractivity contribution in [1.82, 2.24) is 9.80 Å². The van der Waals surface area contributed by atoms with Crippen LogP contribution in [0.3, 0.4) is 0 Å². The number of unbranched alkanes of at least 4 members (excludes halogenated alkanes) is 1. The van der Waals surface area contributed by atoms with Crippen molar-refractivity contribution in [1.29, 1.82) is 5.26 Å². The zero-order chi connectivity index (χ0) is 15.9. The largest absolute Gasteiger partial charge is 0.339 e. The minimum Gasteiger partial charge on any atom is -0.339 e. The summed E-state index contributed by atoms with van der Waals surface area (Å²) >= 11 is 3.35. The van der Waals surface area contributed by atoms with Gasteiger partial charge in [-0.1, -0.05) is 15.9 Å². The summed E-state index contributed by atoms with van der Waals surface area (Å²) in [4.78, 5) is 27.9. The van der Waals surface area contributed by atoms with Crippen LogP contribution >= 0.6 is 15.9 Å². The molecule has 5 nitrogen and oxygen atoms in total. The van der Waals surface area contributed by atoms with Crippen LogP contribution in [0.4, 0.5) is 0 Å². The molecule has 0 bridgehead atoms. The lowest BCUT2D eigenvalue weighted by molar-refractivity contribution is -0.132. The number of benzene rings is 1. The second kappa shape index (κ2) is 7.95. The van der Waals surface area contributed by atoms with Gasteiger partial charge in [-0.25, -0.2) is 0 Å². The predicted molar refractivity (Wildman–Crippen MR) is 86.1 cm³/mol. The molecule has 1 heterocycles. The van der Waals surface area contributed by atoms with Crippen LogP contribution in [0, 0.1) is 11.3 Å². The van der Waals surface area contributed by atoms with Gasteiger partial charge in [-0.05, 0) is 30.7 Å².